The lowest BCUT2D eigenvalue weighted by Crippen LogP contribution is -2.37. The molecule has 0 aliphatic carbocycles. The highest BCUT2D eigenvalue weighted by Gasteiger charge is 2.29. The minimum atomic E-state index is 0.125. The molecule has 1 amide bonds. The van der Waals surface area contributed by atoms with Crippen LogP contribution in [0.15, 0.2) is 60.9 Å². The molecule has 164 valence electrons. The Morgan fingerprint density at radius 3 is 2.59 bits per heavy atom. The Morgan fingerprint density at radius 1 is 1.00 bits per heavy atom. The third-order valence-electron chi connectivity index (χ3n) is 6.82. The highest BCUT2D eigenvalue weighted by atomic mass is 16.2. The van der Waals surface area contributed by atoms with Gasteiger partial charge in [0.15, 0.2) is 0 Å². The summed E-state index contributed by atoms with van der Waals surface area (Å²) >= 11 is 0. The third kappa shape index (κ3) is 4.44. The zero-order valence-electron chi connectivity index (χ0n) is 18.7. The SMILES string of the molecule is Cc1ccc(C(=O)N2CCc3ccccc3C2)c(C2CCN(Cc3cccnc3)CC2)n1. The van der Waals surface area contributed by atoms with Gasteiger partial charge in [-0.05, 0) is 74.2 Å². The van der Waals surface area contributed by atoms with Crippen LogP contribution in [0, 0.1) is 6.92 Å². The number of aryl methyl sites for hydroxylation is 1. The lowest BCUT2D eigenvalue weighted by atomic mass is 9.89. The number of benzene rings is 1. The third-order valence-corrected chi connectivity index (χ3v) is 6.82. The topological polar surface area (TPSA) is 49.3 Å². The average Bonchev–Trinajstić information content (AvgIpc) is 2.84. The average molecular weight is 427 g/mol. The van der Waals surface area contributed by atoms with Crippen LogP contribution in [0.4, 0.5) is 0 Å². The van der Waals surface area contributed by atoms with Gasteiger partial charge in [-0.25, -0.2) is 0 Å². The van der Waals surface area contributed by atoms with Crippen LogP contribution >= 0.6 is 0 Å². The molecular weight excluding hydrogens is 396 g/mol. The number of amides is 1. The second kappa shape index (κ2) is 9.21. The van der Waals surface area contributed by atoms with Gasteiger partial charge in [-0.1, -0.05) is 30.3 Å². The summed E-state index contributed by atoms with van der Waals surface area (Å²) in [6.45, 7) is 6.44. The number of aromatic nitrogens is 2. The van der Waals surface area contributed by atoms with Crippen LogP contribution in [-0.4, -0.2) is 45.3 Å². The molecule has 4 heterocycles. The second-order valence-electron chi connectivity index (χ2n) is 9.04. The summed E-state index contributed by atoms with van der Waals surface area (Å²) in [5.74, 6) is 0.455. The van der Waals surface area contributed by atoms with Gasteiger partial charge in [0.05, 0.1) is 11.3 Å². The minimum Gasteiger partial charge on any atom is -0.334 e. The fourth-order valence-corrected chi connectivity index (χ4v) is 5.02. The van der Waals surface area contributed by atoms with Crippen LogP contribution < -0.4 is 0 Å². The number of likely N-dealkylation sites (tertiary alicyclic amines) is 1. The number of rotatable bonds is 4. The van der Waals surface area contributed by atoms with Gasteiger partial charge >= 0.3 is 0 Å². The molecule has 2 aromatic heterocycles. The van der Waals surface area contributed by atoms with Crippen molar-refractivity contribution in [1.29, 1.82) is 0 Å². The summed E-state index contributed by atoms with van der Waals surface area (Å²) in [5.41, 5.74) is 6.65. The Bertz CT molecular complexity index is 1090. The van der Waals surface area contributed by atoms with E-state index in [2.05, 4.69) is 40.2 Å². The van der Waals surface area contributed by atoms with Gasteiger partial charge in [-0.3, -0.25) is 19.7 Å². The van der Waals surface area contributed by atoms with Crippen molar-refractivity contribution in [2.45, 2.75) is 45.2 Å². The van der Waals surface area contributed by atoms with Crippen LogP contribution in [0.1, 0.15) is 57.2 Å². The summed E-state index contributed by atoms with van der Waals surface area (Å²) in [4.78, 5) is 27.2. The predicted molar refractivity (Wildman–Crippen MR) is 125 cm³/mol. The van der Waals surface area contributed by atoms with Crippen LogP contribution in [0.25, 0.3) is 0 Å². The molecule has 3 aromatic rings. The van der Waals surface area contributed by atoms with Crippen LogP contribution in [-0.2, 0) is 19.5 Å². The lowest BCUT2D eigenvalue weighted by Gasteiger charge is -2.33. The van der Waals surface area contributed by atoms with E-state index in [1.54, 1.807) is 0 Å². The van der Waals surface area contributed by atoms with Gasteiger partial charge in [0.1, 0.15) is 0 Å². The number of nitrogens with zero attached hydrogens (tertiary/aromatic N) is 4. The van der Waals surface area contributed by atoms with E-state index in [9.17, 15) is 4.79 Å². The highest BCUT2D eigenvalue weighted by Crippen LogP contribution is 2.31. The van der Waals surface area contributed by atoms with E-state index in [0.717, 1.165) is 62.4 Å². The molecule has 32 heavy (non-hydrogen) atoms. The summed E-state index contributed by atoms with van der Waals surface area (Å²) in [5, 5.41) is 0. The van der Waals surface area contributed by atoms with Crippen LogP contribution in [0.2, 0.25) is 0 Å². The van der Waals surface area contributed by atoms with Crippen molar-refractivity contribution in [2.75, 3.05) is 19.6 Å². The molecule has 0 bridgehead atoms. The minimum absolute atomic E-state index is 0.125. The summed E-state index contributed by atoms with van der Waals surface area (Å²) < 4.78 is 0. The lowest BCUT2D eigenvalue weighted by molar-refractivity contribution is 0.0731. The van der Waals surface area contributed by atoms with Crippen molar-refractivity contribution < 1.29 is 4.79 Å². The smallest absolute Gasteiger partial charge is 0.256 e. The Kier molecular flexibility index (Phi) is 5.99. The molecule has 0 atom stereocenters. The quantitative estimate of drug-likeness (QED) is 0.622. The fourth-order valence-electron chi connectivity index (χ4n) is 5.02. The summed E-state index contributed by atoms with van der Waals surface area (Å²) in [6, 6.07) is 16.6. The van der Waals surface area contributed by atoms with E-state index in [1.807, 2.05) is 42.4 Å². The van der Waals surface area contributed by atoms with Crippen molar-refractivity contribution in [3.63, 3.8) is 0 Å². The van der Waals surface area contributed by atoms with Gasteiger partial charge in [-0.15, -0.1) is 0 Å². The van der Waals surface area contributed by atoms with Crippen molar-refractivity contribution in [2.24, 2.45) is 0 Å². The molecule has 1 aromatic carbocycles. The maximum absolute atomic E-state index is 13.6. The zero-order chi connectivity index (χ0) is 21.9. The molecule has 1 fully saturated rings. The number of hydrogen-bond acceptors (Lipinski definition) is 4. The molecule has 0 saturated carbocycles. The Labute approximate surface area is 190 Å². The van der Waals surface area contributed by atoms with Crippen LogP contribution in [0.5, 0.6) is 0 Å². The largest absolute Gasteiger partial charge is 0.334 e. The van der Waals surface area contributed by atoms with Gasteiger partial charge in [0, 0.05) is 43.6 Å². The standard InChI is InChI=1S/C27H30N4O/c1-20-8-9-25(27(32)31-16-12-22-6-2-3-7-24(22)19-31)26(29-20)23-10-14-30(15-11-23)18-21-5-4-13-28-17-21/h2-9,13,17,23H,10-12,14-16,18-19H2,1H3. The van der Waals surface area contributed by atoms with Crippen LogP contribution in [0.3, 0.4) is 0 Å². The van der Waals surface area contributed by atoms with Gasteiger partial charge in [0.25, 0.3) is 5.91 Å². The van der Waals surface area contributed by atoms with E-state index in [-0.39, 0.29) is 5.91 Å². The van der Waals surface area contributed by atoms with E-state index in [1.165, 1.54) is 16.7 Å². The molecule has 5 heteroatoms. The molecule has 2 aliphatic rings. The van der Waals surface area contributed by atoms with Gasteiger partial charge < -0.3 is 4.90 Å². The first kappa shape index (κ1) is 20.8. The maximum Gasteiger partial charge on any atom is 0.256 e. The predicted octanol–water partition coefficient (Wildman–Crippen LogP) is 4.36. The first-order valence-corrected chi connectivity index (χ1v) is 11.6. The number of pyridine rings is 2. The van der Waals surface area contributed by atoms with E-state index >= 15 is 0 Å². The number of carbonyl (C=O) groups is 1. The first-order chi connectivity index (χ1) is 15.7. The molecule has 0 spiro atoms. The zero-order valence-corrected chi connectivity index (χ0v) is 18.7. The van der Waals surface area contributed by atoms with Gasteiger partial charge in [0.2, 0.25) is 0 Å². The number of fused-ring (bicyclic) bond motifs is 1. The van der Waals surface area contributed by atoms with E-state index in [0.29, 0.717) is 12.5 Å². The maximum atomic E-state index is 13.6. The molecule has 0 N–H and O–H groups in total. The van der Waals surface area contributed by atoms with Gasteiger partial charge in [-0.2, -0.15) is 0 Å². The second-order valence-corrected chi connectivity index (χ2v) is 9.04. The number of hydrogen-bond donors (Lipinski definition) is 0. The summed E-state index contributed by atoms with van der Waals surface area (Å²) in [7, 11) is 0. The molecule has 0 unspecified atom stereocenters. The number of carbonyl (C=O) groups excluding carboxylic acids is 1. The monoisotopic (exact) mass is 426 g/mol. The number of piperidine rings is 1. The molecule has 5 rings (SSSR count). The first-order valence-electron chi connectivity index (χ1n) is 11.6. The molecule has 5 nitrogen and oxygen atoms in total. The highest BCUT2D eigenvalue weighted by molar-refractivity contribution is 5.95. The Balaban J connectivity index is 1.30. The Morgan fingerprint density at radius 2 is 1.81 bits per heavy atom. The fraction of sp³-hybridized carbons (Fsp3) is 0.370. The summed E-state index contributed by atoms with van der Waals surface area (Å²) in [6.07, 6.45) is 6.74. The Hall–Kier alpha value is -3.05. The normalized spacial score (nSPS) is 17.2. The van der Waals surface area contributed by atoms with Crippen molar-refractivity contribution in [1.82, 2.24) is 19.8 Å². The van der Waals surface area contributed by atoms with E-state index < -0.39 is 0 Å². The van der Waals surface area contributed by atoms with Crippen molar-refractivity contribution in [3.05, 3.63) is 94.6 Å². The van der Waals surface area contributed by atoms with E-state index in [4.69, 9.17) is 4.98 Å². The molecular formula is C27H30N4O. The van der Waals surface area contributed by atoms with Crippen molar-refractivity contribution in [3.8, 4) is 0 Å². The van der Waals surface area contributed by atoms with Crippen molar-refractivity contribution >= 4 is 5.91 Å². The molecule has 2 aliphatic heterocycles. The molecule has 1 saturated heterocycles. The molecule has 0 radical (unpaired) electrons.